The number of esters is 1. The standard InChI is InChI=1S/C51H62F2N5O7PS/c1-31(2)30-64-50(62)32(3)55-66(63,65-41-13-9-6-10-14-41)46(53)34-15-20-44-35(23-34)24-45(67-44)47(59)54-42-18-16-38(56(4)40-25-37(52)26-40)27-39-17-19-43(58(39)48(42)60)49(61)57-29-36(28-51(57)21-22-51)33-11-7-5-8-12-33/h5-15,20,23-24,31-32,36-40,42-43,46H,16-19,21-22,25-30H2,1-4H3,(H,54,59)(H,55,63)/t32-,36+,37?,38-,39+,40?,42-,43-,46-,66?/m0/s1. The molecule has 4 aromatic rings. The van der Waals surface area contributed by atoms with Gasteiger partial charge >= 0.3 is 13.5 Å². The first-order valence-corrected chi connectivity index (χ1v) is 26.4. The lowest BCUT2D eigenvalue weighted by Gasteiger charge is -2.45. The fourth-order valence-electron chi connectivity index (χ4n) is 10.8. The van der Waals surface area contributed by atoms with Gasteiger partial charge in [0.25, 0.3) is 5.91 Å². The highest BCUT2D eigenvalue weighted by Crippen LogP contribution is 2.58. The van der Waals surface area contributed by atoms with Gasteiger partial charge < -0.3 is 29.3 Å². The maximum absolute atomic E-state index is 16.8. The minimum absolute atomic E-state index is 0.0116. The van der Waals surface area contributed by atoms with Crippen molar-refractivity contribution in [3.8, 4) is 5.75 Å². The predicted octanol–water partition coefficient (Wildman–Crippen LogP) is 9.31. The summed E-state index contributed by atoms with van der Waals surface area (Å²) in [7, 11) is -2.46. The van der Waals surface area contributed by atoms with Crippen LogP contribution in [0.25, 0.3) is 10.1 Å². The lowest BCUT2D eigenvalue weighted by Crippen LogP contribution is -2.59. The molecule has 1 spiro atoms. The molecule has 3 saturated heterocycles. The molecule has 358 valence electrons. The quantitative estimate of drug-likeness (QED) is 0.0883. The molecule has 1 unspecified atom stereocenters. The molecule has 5 fully saturated rings. The molecule has 12 nitrogen and oxygen atoms in total. The van der Waals surface area contributed by atoms with E-state index in [1.165, 1.54) is 36.0 Å². The predicted molar refractivity (Wildman–Crippen MR) is 254 cm³/mol. The van der Waals surface area contributed by atoms with Crippen LogP contribution in [0.4, 0.5) is 8.78 Å². The van der Waals surface area contributed by atoms with Gasteiger partial charge in [-0.2, -0.15) is 0 Å². The first-order chi connectivity index (χ1) is 32.1. The van der Waals surface area contributed by atoms with Crippen LogP contribution in [0.15, 0.2) is 84.9 Å². The zero-order valence-corrected chi connectivity index (χ0v) is 40.4. The number of halogens is 2. The molecular weight excluding hydrogens is 896 g/mol. The van der Waals surface area contributed by atoms with Gasteiger partial charge in [-0.3, -0.25) is 23.7 Å². The van der Waals surface area contributed by atoms with E-state index in [9.17, 15) is 28.1 Å². The molecule has 1 aromatic heterocycles. The van der Waals surface area contributed by atoms with Crippen LogP contribution in [0.2, 0.25) is 0 Å². The number of amides is 3. The number of fused-ring (bicyclic) bond motifs is 2. The Kier molecular flexibility index (Phi) is 13.7. The number of carbonyl (C=O) groups excluding carboxylic acids is 4. The SMILES string of the molecule is CC(C)COC(=O)[C@H](C)NP(=O)(Oc1ccccc1)[C@H](F)c1ccc2sc(C(=O)N[C@H]3CC[C@H](N(C)C4CC(F)C4)C[C@H]4CC[C@@H](C(=O)N5C[C@H](c6ccccc6)CC56CC6)N4C3=O)cc2c1. The van der Waals surface area contributed by atoms with Crippen LogP contribution < -0.4 is 14.9 Å². The van der Waals surface area contributed by atoms with E-state index in [1.807, 2.05) is 39.1 Å². The number of hydrogen-bond acceptors (Lipinski definition) is 9. The average Bonchev–Trinajstić information content (AvgIpc) is 3.58. The van der Waals surface area contributed by atoms with Gasteiger partial charge in [0.05, 0.1) is 11.5 Å². The lowest BCUT2D eigenvalue weighted by molar-refractivity contribution is -0.148. The van der Waals surface area contributed by atoms with Crippen molar-refractivity contribution in [2.75, 3.05) is 20.2 Å². The zero-order valence-electron chi connectivity index (χ0n) is 38.7. The molecule has 9 rings (SSSR count). The minimum Gasteiger partial charge on any atom is -0.464 e. The van der Waals surface area contributed by atoms with Crippen LogP contribution in [0.3, 0.4) is 0 Å². The van der Waals surface area contributed by atoms with Crippen molar-refractivity contribution < 1.29 is 41.8 Å². The Labute approximate surface area is 395 Å². The fourth-order valence-corrected chi connectivity index (χ4v) is 13.6. The maximum Gasteiger partial charge on any atom is 0.355 e. The molecule has 3 amide bonds. The molecular formula is C51H62F2N5O7PS. The van der Waals surface area contributed by atoms with Crippen molar-refractivity contribution in [2.24, 2.45) is 5.92 Å². The minimum atomic E-state index is -4.50. The summed E-state index contributed by atoms with van der Waals surface area (Å²) in [6.07, 6.45) is 5.75. The molecule has 5 aliphatic rings. The van der Waals surface area contributed by atoms with Crippen molar-refractivity contribution in [2.45, 2.75) is 145 Å². The molecule has 0 bridgehead atoms. The number of carbonyl (C=O) groups is 4. The molecule has 2 aliphatic carbocycles. The lowest BCUT2D eigenvalue weighted by atomic mass is 9.86. The monoisotopic (exact) mass is 957 g/mol. The second kappa shape index (κ2) is 19.4. The van der Waals surface area contributed by atoms with Gasteiger partial charge in [0.2, 0.25) is 17.7 Å². The Bertz CT molecular complexity index is 2500. The topological polar surface area (TPSA) is 138 Å². The number of likely N-dealkylation sites (tertiary alicyclic amines) is 1. The van der Waals surface area contributed by atoms with Crippen molar-refractivity contribution in [1.82, 2.24) is 25.1 Å². The maximum atomic E-state index is 16.8. The molecule has 4 heterocycles. The van der Waals surface area contributed by atoms with Gasteiger partial charge in [0.15, 0.2) is 0 Å². The normalized spacial score (nSPS) is 27.5. The summed E-state index contributed by atoms with van der Waals surface area (Å²) in [5.41, 5.74) is 1.05. The molecule has 3 aromatic carbocycles. The van der Waals surface area contributed by atoms with E-state index >= 15 is 4.39 Å². The van der Waals surface area contributed by atoms with Gasteiger partial charge in [-0.15, -0.1) is 11.3 Å². The van der Waals surface area contributed by atoms with E-state index in [0.29, 0.717) is 66.5 Å². The van der Waals surface area contributed by atoms with Crippen LogP contribution in [0.1, 0.15) is 118 Å². The number of para-hydroxylation sites is 1. The van der Waals surface area contributed by atoms with Crippen LogP contribution in [0.5, 0.6) is 5.75 Å². The van der Waals surface area contributed by atoms with E-state index in [-0.39, 0.29) is 65.2 Å². The van der Waals surface area contributed by atoms with Crippen molar-refractivity contribution in [3.63, 3.8) is 0 Å². The molecule has 2 N–H and O–H groups in total. The Morgan fingerprint density at radius 2 is 1.64 bits per heavy atom. The average molecular weight is 958 g/mol. The van der Waals surface area contributed by atoms with Crippen molar-refractivity contribution >= 4 is 52.6 Å². The van der Waals surface area contributed by atoms with E-state index in [4.69, 9.17) is 9.26 Å². The van der Waals surface area contributed by atoms with E-state index in [1.54, 1.807) is 47.4 Å². The highest BCUT2D eigenvalue weighted by Gasteiger charge is 2.59. The summed E-state index contributed by atoms with van der Waals surface area (Å²) in [5, 5.41) is 6.19. The number of benzene rings is 3. The smallest absolute Gasteiger partial charge is 0.355 e. The molecule has 67 heavy (non-hydrogen) atoms. The van der Waals surface area contributed by atoms with Crippen LogP contribution in [-0.2, 0) is 23.7 Å². The largest absolute Gasteiger partial charge is 0.464 e. The molecule has 16 heteroatoms. The summed E-state index contributed by atoms with van der Waals surface area (Å²) in [6, 6.07) is 21.9. The molecule has 2 saturated carbocycles. The number of thiophene rings is 1. The van der Waals surface area contributed by atoms with E-state index in [0.717, 1.165) is 19.3 Å². The third-order valence-corrected chi connectivity index (χ3v) is 18.0. The number of ether oxygens (including phenoxy) is 1. The summed E-state index contributed by atoms with van der Waals surface area (Å²) < 4.78 is 57.2. The van der Waals surface area contributed by atoms with Crippen LogP contribution in [0, 0.1) is 5.92 Å². The van der Waals surface area contributed by atoms with Gasteiger partial charge in [0, 0.05) is 40.8 Å². The number of alkyl halides is 2. The molecule has 0 radical (unpaired) electrons. The highest BCUT2D eigenvalue weighted by atomic mass is 32.1. The third-order valence-electron chi connectivity index (χ3n) is 14.8. The first kappa shape index (κ1) is 47.4. The van der Waals surface area contributed by atoms with Gasteiger partial charge in [-0.05, 0) is 131 Å². The molecule has 3 aliphatic heterocycles. The van der Waals surface area contributed by atoms with Gasteiger partial charge in [-0.1, -0.05) is 68.4 Å². The van der Waals surface area contributed by atoms with Crippen LogP contribution in [-0.4, -0.2) is 107 Å². The molecule has 8 atom stereocenters. The summed E-state index contributed by atoms with van der Waals surface area (Å²) in [5.74, 6) is -3.23. The summed E-state index contributed by atoms with van der Waals surface area (Å²) in [4.78, 5) is 63.3. The number of nitrogens with one attached hydrogen (secondary N) is 2. The zero-order chi connectivity index (χ0) is 47.2. The summed E-state index contributed by atoms with van der Waals surface area (Å²) in [6.45, 7) is 5.96. The fraction of sp³-hybridized carbons (Fsp3) is 0.529. The second-order valence-electron chi connectivity index (χ2n) is 20.0. The van der Waals surface area contributed by atoms with Crippen molar-refractivity contribution in [1.29, 1.82) is 0 Å². The third kappa shape index (κ3) is 9.94. The Morgan fingerprint density at radius 3 is 2.33 bits per heavy atom. The summed E-state index contributed by atoms with van der Waals surface area (Å²) >= 11 is 1.18. The first-order valence-electron chi connectivity index (χ1n) is 23.9. The van der Waals surface area contributed by atoms with Crippen molar-refractivity contribution in [3.05, 3.63) is 101 Å². The highest BCUT2D eigenvalue weighted by molar-refractivity contribution is 7.57. The Hall–Kier alpha value is -4.69. The van der Waals surface area contributed by atoms with Gasteiger partial charge in [0.1, 0.15) is 30.0 Å². The van der Waals surface area contributed by atoms with Crippen LogP contribution >= 0.6 is 18.9 Å². The Balaban J connectivity index is 0.949. The number of rotatable bonds is 15. The number of hydrogen-bond donors (Lipinski definition) is 2. The van der Waals surface area contributed by atoms with E-state index in [2.05, 4.69) is 32.3 Å². The van der Waals surface area contributed by atoms with E-state index < -0.39 is 49.6 Å². The van der Waals surface area contributed by atoms with Gasteiger partial charge in [-0.25, -0.2) is 13.9 Å². The Morgan fingerprint density at radius 1 is 0.925 bits per heavy atom. The number of nitrogens with zero attached hydrogens (tertiary/aromatic N) is 3. The second-order valence-corrected chi connectivity index (χ2v) is 23.2.